The highest BCUT2D eigenvalue weighted by Gasteiger charge is 2.28. The van der Waals surface area contributed by atoms with Crippen molar-refractivity contribution in [1.82, 2.24) is 9.78 Å². The molecule has 4 aromatic rings. The summed E-state index contributed by atoms with van der Waals surface area (Å²) < 4.78 is 1.18. The zero-order chi connectivity index (χ0) is 21.5. The lowest BCUT2D eigenvalue weighted by atomic mass is 9.93. The van der Waals surface area contributed by atoms with Crippen LogP contribution in [-0.2, 0) is 19.9 Å². The maximum Gasteiger partial charge on any atom is 0.277 e. The van der Waals surface area contributed by atoms with E-state index in [0.717, 1.165) is 31.2 Å². The molecular formula is C23H19N3O3S2. The van der Waals surface area contributed by atoms with E-state index in [1.807, 2.05) is 17.5 Å². The Bertz CT molecular complexity index is 1380. The highest BCUT2D eigenvalue weighted by atomic mass is 32.1. The number of benzene rings is 1. The van der Waals surface area contributed by atoms with Crippen molar-refractivity contribution in [2.24, 2.45) is 7.05 Å². The molecule has 0 saturated heterocycles. The Hall–Kier alpha value is -3.10. The number of carbonyl (C=O) groups is 2. The van der Waals surface area contributed by atoms with Crippen LogP contribution in [-0.4, -0.2) is 21.5 Å². The summed E-state index contributed by atoms with van der Waals surface area (Å²) in [5, 5.41) is 10.5. The van der Waals surface area contributed by atoms with Gasteiger partial charge in [-0.15, -0.1) is 22.7 Å². The monoisotopic (exact) mass is 449 g/mol. The van der Waals surface area contributed by atoms with Gasteiger partial charge >= 0.3 is 0 Å². The minimum absolute atomic E-state index is 0.0528. The van der Waals surface area contributed by atoms with Gasteiger partial charge in [0, 0.05) is 17.3 Å². The normalized spacial score (nSPS) is 13.2. The molecule has 1 N–H and O–H groups in total. The van der Waals surface area contributed by atoms with E-state index in [1.165, 1.54) is 39.3 Å². The van der Waals surface area contributed by atoms with Crippen LogP contribution in [0.25, 0.3) is 10.8 Å². The maximum atomic E-state index is 13.3. The van der Waals surface area contributed by atoms with E-state index >= 15 is 0 Å². The molecule has 3 heterocycles. The number of hydrogen-bond donors (Lipinski definition) is 1. The van der Waals surface area contributed by atoms with Crippen molar-refractivity contribution in [2.75, 3.05) is 5.32 Å². The average molecular weight is 450 g/mol. The molecule has 0 spiro atoms. The standard InChI is InChI=1S/C23H19N3O3S2/c1-26-23(29)14-8-3-2-7-13(14)19(25-26)21(28)24-22-18(20(27)17-11-6-12-30-17)15-9-4-5-10-16(15)31-22/h2-3,6-8,11-12H,4-5,9-10H2,1H3,(H,24,28). The van der Waals surface area contributed by atoms with Gasteiger partial charge < -0.3 is 5.32 Å². The van der Waals surface area contributed by atoms with E-state index < -0.39 is 5.91 Å². The van der Waals surface area contributed by atoms with Crippen molar-refractivity contribution < 1.29 is 9.59 Å². The smallest absolute Gasteiger partial charge is 0.277 e. The number of thiophene rings is 2. The Morgan fingerprint density at radius 1 is 1.06 bits per heavy atom. The zero-order valence-corrected chi connectivity index (χ0v) is 18.4. The fourth-order valence-electron chi connectivity index (χ4n) is 4.05. The molecule has 1 aliphatic carbocycles. The molecule has 0 radical (unpaired) electrons. The molecule has 0 fully saturated rings. The third-order valence-corrected chi connectivity index (χ3v) is 7.62. The Balaban J connectivity index is 1.60. The molecule has 6 nitrogen and oxygen atoms in total. The third-order valence-electron chi connectivity index (χ3n) is 5.54. The Morgan fingerprint density at radius 3 is 2.61 bits per heavy atom. The lowest BCUT2D eigenvalue weighted by Crippen LogP contribution is -2.25. The van der Waals surface area contributed by atoms with Gasteiger partial charge in [-0.25, -0.2) is 4.68 Å². The fourth-order valence-corrected chi connectivity index (χ4v) is 6.01. The number of nitrogens with one attached hydrogen (secondary N) is 1. The molecule has 3 aromatic heterocycles. The second-order valence-corrected chi connectivity index (χ2v) is 9.55. The summed E-state index contributed by atoms with van der Waals surface area (Å²) in [6, 6.07) is 10.6. The molecule has 0 unspecified atom stereocenters. The molecule has 0 saturated carbocycles. The largest absolute Gasteiger partial charge is 0.312 e. The number of rotatable bonds is 4. The second-order valence-electron chi connectivity index (χ2n) is 7.50. The van der Waals surface area contributed by atoms with Crippen LogP contribution in [0.4, 0.5) is 5.00 Å². The highest BCUT2D eigenvalue weighted by molar-refractivity contribution is 7.17. The maximum absolute atomic E-state index is 13.3. The summed E-state index contributed by atoms with van der Waals surface area (Å²) in [5.41, 5.74) is 1.57. The first kappa shape index (κ1) is 19.8. The van der Waals surface area contributed by atoms with Crippen molar-refractivity contribution in [1.29, 1.82) is 0 Å². The summed E-state index contributed by atoms with van der Waals surface area (Å²) in [5.74, 6) is -0.478. The van der Waals surface area contributed by atoms with Gasteiger partial charge in [-0.2, -0.15) is 5.10 Å². The summed E-state index contributed by atoms with van der Waals surface area (Å²) in [7, 11) is 1.53. The van der Waals surface area contributed by atoms with E-state index in [9.17, 15) is 14.4 Å². The molecule has 8 heteroatoms. The van der Waals surface area contributed by atoms with Crippen molar-refractivity contribution in [2.45, 2.75) is 25.7 Å². The number of ketones is 1. The van der Waals surface area contributed by atoms with Gasteiger partial charge in [0.15, 0.2) is 5.69 Å². The van der Waals surface area contributed by atoms with E-state index in [0.29, 0.717) is 26.2 Å². The Morgan fingerprint density at radius 2 is 1.84 bits per heavy atom. The number of amides is 1. The molecule has 1 amide bonds. The first-order valence-corrected chi connectivity index (χ1v) is 11.7. The number of nitrogens with zero attached hydrogens (tertiary/aromatic N) is 2. The van der Waals surface area contributed by atoms with Crippen molar-refractivity contribution >= 4 is 50.1 Å². The SMILES string of the molecule is Cn1nc(C(=O)Nc2sc3c(c2C(=O)c2cccs2)CCCC3)c2ccccc2c1=O. The van der Waals surface area contributed by atoms with Crippen LogP contribution in [0.2, 0.25) is 0 Å². The Labute approximate surface area is 186 Å². The number of carbonyl (C=O) groups excluding carboxylic acids is 2. The first-order chi connectivity index (χ1) is 15.0. The van der Waals surface area contributed by atoms with Crippen LogP contribution >= 0.6 is 22.7 Å². The van der Waals surface area contributed by atoms with Gasteiger partial charge in [-0.05, 0) is 48.8 Å². The molecule has 0 bridgehead atoms. The zero-order valence-electron chi connectivity index (χ0n) is 16.8. The van der Waals surface area contributed by atoms with Crippen LogP contribution in [0.5, 0.6) is 0 Å². The lowest BCUT2D eigenvalue weighted by molar-refractivity contribution is 0.102. The fraction of sp³-hybridized carbons (Fsp3) is 0.217. The molecule has 1 aliphatic rings. The predicted octanol–water partition coefficient (Wildman–Crippen LogP) is 4.42. The van der Waals surface area contributed by atoms with Crippen LogP contribution in [0.3, 0.4) is 0 Å². The number of aryl methyl sites for hydroxylation is 2. The van der Waals surface area contributed by atoms with Gasteiger partial charge in [-0.1, -0.05) is 24.3 Å². The van der Waals surface area contributed by atoms with E-state index in [2.05, 4.69) is 10.4 Å². The van der Waals surface area contributed by atoms with E-state index in [4.69, 9.17) is 0 Å². The van der Waals surface area contributed by atoms with Crippen LogP contribution in [0.15, 0.2) is 46.6 Å². The van der Waals surface area contributed by atoms with Crippen molar-refractivity contribution in [3.8, 4) is 0 Å². The van der Waals surface area contributed by atoms with Crippen molar-refractivity contribution in [3.05, 3.63) is 78.7 Å². The Kier molecular flexibility index (Phi) is 5.03. The minimum Gasteiger partial charge on any atom is -0.312 e. The summed E-state index contributed by atoms with van der Waals surface area (Å²) >= 11 is 2.88. The van der Waals surface area contributed by atoms with Gasteiger partial charge in [-0.3, -0.25) is 14.4 Å². The first-order valence-electron chi connectivity index (χ1n) is 10.0. The number of hydrogen-bond acceptors (Lipinski definition) is 6. The molecular weight excluding hydrogens is 430 g/mol. The number of fused-ring (bicyclic) bond motifs is 2. The van der Waals surface area contributed by atoms with Gasteiger partial charge in [0.2, 0.25) is 5.78 Å². The molecule has 156 valence electrons. The van der Waals surface area contributed by atoms with Crippen LogP contribution in [0, 0.1) is 0 Å². The molecule has 5 rings (SSSR count). The summed E-state index contributed by atoms with van der Waals surface area (Å²) in [6.07, 6.45) is 3.88. The molecule has 1 aromatic carbocycles. The highest BCUT2D eigenvalue weighted by Crippen LogP contribution is 2.40. The van der Waals surface area contributed by atoms with Crippen LogP contribution in [0.1, 0.15) is 49.0 Å². The second kappa shape index (κ2) is 7.86. The molecule has 0 aliphatic heterocycles. The molecule has 0 atom stereocenters. The number of anilines is 1. The topological polar surface area (TPSA) is 81.1 Å². The summed E-state index contributed by atoms with van der Waals surface area (Å²) in [4.78, 5) is 40.8. The quantitative estimate of drug-likeness (QED) is 0.468. The van der Waals surface area contributed by atoms with Gasteiger partial charge in [0.25, 0.3) is 11.5 Å². The average Bonchev–Trinajstić information content (AvgIpc) is 3.44. The van der Waals surface area contributed by atoms with Crippen LogP contribution < -0.4 is 10.9 Å². The van der Waals surface area contributed by atoms with Gasteiger partial charge in [0.1, 0.15) is 5.00 Å². The summed E-state index contributed by atoms with van der Waals surface area (Å²) in [6.45, 7) is 0. The predicted molar refractivity (Wildman–Crippen MR) is 124 cm³/mol. The van der Waals surface area contributed by atoms with E-state index in [-0.39, 0.29) is 17.0 Å². The van der Waals surface area contributed by atoms with E-state index in [1.54, 1.807) is 24.3 Å². The lowest BCUT2D eigenvalue weighted by Gasteiger charge is -2.12. The third kappa shape index (κ3) is 3.41. The minimum atomic E-state index is -0.425. The van der Waals surface area contributed by atoms with Gasteiger partial charge in [0.05, 0.1) is 15.8 Å². The number of aromatic nitrogens is 2. The van der Waals surface area contributed by atoms with Crippen molar-refractivity contribution in [3.63, 3.8) is 0 Å². The molecule has 31 heavy (non-hydrogen) atoms.